The normalized spacial score (nSPS) is 12.4. The first-order chi connectivity index (χ1) is 7.50. The number of aliphatic carboxylic acids is 1. The van der Waals surface area contributed by atoms with Gasteiger partial charge in [0.1, 0.15) is 18.5 Å². The van der Waals surface area contributed by atoms with Gasteiger partial charge in [-0.25, -0.2) is 9.18 Å². The van der Waals surface area contributed by atoms with E-state index in [1.807, 2.05) is 0 Å². The highest BCUT2D eigenvalue weighted by molar-refractivity contribution is 5.67. The minimum atomic E-state index is -1.09. The Bertz CT molecular complexity index is 378. The number of aliphatic hydroxyl groups excluding tert-OH is 1. The van der Waals surface area contributed by atoms with Crippen molar-refractivity contribution in [3.8, 4) is 0 Å². The van der Waals surface area contributed by atoms with E-state index in [-0.39, 0.29) is 12.4 Å². The van der Waals surface area contributed by atoms with Gasteiger partial charge in [0.25, 0.3) is 0 Å². The van der Waals surface area contributed by atoms with Crippen molar-refractivity contribution in [1.29, 1.82) is 0 Å². The molecule has 0 saturated carbocycles. The third kappa shape index (κ3) is 3.60. The van der Waals surface area contributed by atoms with Gasteiger partial charge in [0, 0.05) is 0 Å². The van der Waals surface area contributed by atoms with Crippen LogP contribution in [0.25, 0.3) is 0 Å². The summed E-state index contributed by atoms with van der Waals surface area (Å²) in [6.45, 7) is 0.998. The molecule has 5 heteroatoms. The van der Waals surface area contributed by atoms with E-state index in [2.05, 4.69) is 0 Å². The molecule has 0 radical (unpaired) electrons. The number of carbonyl (C=O) groups is 1. The minimum Gasteiger partial charge on any atom is -0.480 e. The van der Waals surface area contributed by atoms with Gasteiger partial charge >= 0.3 is 5.97 Å². The van der Waals surface area contributed by atoms with E-state index in [9.17, 15) is 14.3 Å². The van der Waals surface area contributed by atoms with Crippen LogP contribution < -0.4 is 0 Å². The molecule has 1 rings (SSSR count). The summed E-state index contributed by atoms with van der Waals surface area (Å²) in [6, 6.07) is 4.20. The van der Waals surface area contributed by atoms with Gasteiger partial charge in [-0.15, -0.1) is 0 Å². The second kappa shape index (κ2) is 5.58. The van der Waals surface area contributed by atoms with Gasteiger partial charge in [0.05, 0.1) is 6.61 Å². The Morgan fingerprint density at radius 3 is 2.81 bits per heavy atom. The van der Waals surface area contributed by atoms with Gasteiger partial charge in [-0.1, -0.05) is 12.1 Å². The average molecular weight is 228 g/mol. The fourth-order valence-corrected chi connectivity index (χ4v) is 1.23. The van der Waals surface area contributed by atoms with Gasteiger partial charge in [-0.05, 0) is 24.1 Å². The van der Waals surface area contributed by atoms with Gasteiger partial charge in [-0.2, -0.15) is 0 Å². The Hall–Kier alpha value is -1.46. The maximum Gasteiger partial charge on any atom is 0.329 e. The molecule has 0 heterocycles. The summed E-state index contributed by atoms with van der Waals surface area (Å²) in [6.07, 6.45) is -0.946. The Morgan fingerprint density at radius 2 is 2.25 bits per heavy atom. The number of rotatable bonds is 5. The van der Waals surface area contributed by atoms with E-state index in [0.29, 0.717) is 11.1 Å². The number of hydrogen-bond acceptors (Lipinski definition) is 3. The topological polar surface area (TPSA) is 66.8 Å². The molecule has 0 aliphatic heterocycles. The van der Waals surface area contributed by atoms with Crippen LogP contribution in [-0.4, -0.2) is 29.4 Å². The minimum absolute atomic E-state index is 0.128. The van der Waals surface area contributed by atoms with Gasteiger partial charge < -0.3 is 14.9 Å². The van der Waals surface area contributed by atoms with Gasteiger partial charge in [0.15, 0.2) is 0 Å². The lowest BCUT2D eigenvalue weighted by atomic mass is 10.1. The smallest absolute Gasteiger partial charge is 0.329 e. The van der Waals surface area contributed by atoms with Crippen molar-refractivity contribution in [2.75, 3.05) is 13.2 Å². The molecular formula is C11H13FO4. The Morgan fingerprint density at radius 1 is 1.56 bits per heavy atom. The molecule has 0 spiro atoms. The number of aliphatic hydroxyl groups is 1. The molecule has 0 aliphatic rings. The third-order valence-electron chi connectivity index (χ3n) is 2.07. The maximum absolute atomic E-state index is 12.9. The number of aryl methyl sites for hydroxylation is 1. The van der Waals surface area contributed by atoms with E-state index >= 15 is 0 Å². The molecule has 4 nitrogen and oxygen atoms in total. The summed E-state index contributed by atoms with van der Waals surface area (Å²) in [4.78, 5) is 10.2. The lowest BCUT2D eigenvalue weighted by Crippen LogP contribution is -2.13. The molecule has 1 aromatic rings. The Labute approximate surface area is 92.3 Å². The predicted octanol–water partition coefficient (Wildman–Crippen LogP) is 1.27. The molecule has 0 aliphatic carbocycles. The van der Waals surface area contributed by atoms with Crippen molar-refractivity contribution in [2.45, 2.75) is 13.0 Å². The molecular weight excluding hydrogens is 215 g/mol. The van der Waals surface area contributed by atoms with Crippen molar-refractivity contribution in [2.24, 2.45) is 0 Å². The quantitative estimate of drug-likeness (QED) is 0.796. The highest BCUT2D eigenvalue weighted by Crippen LogP contribution is 2.16. The SMILES string of the molecule is Cc1cc(C(O)COCC(=O)O)ccc1F. The molecule has 0 aromatic heterocycles. The van der Waals surface area contributed by atoms with E-state index in [0.717, 1.165) is 0 Å². The van der Waals surface area contributed by atoms with E-state index in [1.54, 1.807) is 6.92 Å². The standard InChI is InChI=1S/C11H13FO4/c1-7-4-8(2-3-9(7)12)10(13)5-16-6-11(14)15/h2-4,10,13H,5-6H2,1H3,(H,14,15). The summed E-state index contributed by atoms with van der Waals surface area (Å²) < 4.78 is 17.7. The Kier molecular flexibility index (Phi) is 4.39. The molecule has 0 amide bonds. The van der Waals surface area contributed by atoms with Crippen molar-refractivity contribution in [3.05, 3.63) is 35.1 Å². The first-order valence-corrected chi connectivity index (χ1v) is 4.74. The fourth-order valence-electron chi connectivity index (χ4n) is 1.23. The van der Waals surface area contributed by atoms with Crippen molar-refractivity contribution < 1.29 is 24.1 Å². The van der Waals surface area contributed by atoms with Crippen LogP contribution in [0.4, 0.5) is 4.39 Å². The first kappa shape index (κ1) is 12.6. The molecule has 0 bridgehead atoms. The summed E-state index contributed by atoms with van der Waals surface area (Å²) in [5, 5.41) is 17.9. The predicted molar refractivity (Wildman–Crippen MR) is 54.6 cm³/mol. The molecule has 88 valence electrons. The van der Waals surface area contributed by atoms with Crippen LogP contribution in [0.2, 0.25) is 0 Å². The number of ether oxygens (including phenoxy) is 1. The van der Waals surface area contributed by atoms with E-state index in [4.69, 9.17) is 9.84 Å². The fraction of sp³-hybridized carbons (Fsp3) is 0.364. The van der Waals surface area contributed by atoms with Crippen LogP contribution in [0.3, 0.4) is 0 Å². The number of hydrogen-bond donors (Lipinski definition) is 2. The lowest BCUT2D eigenvalue weighted by molar-refractivity contribution is -0.143. The molecule has 1 aromatic carbocycles. The summed E-state index contributed by atoms with van der Waals surface area (Å²) >= 11 is 0. The molecule has 0 fully saturated rings. The summed E-state index contributed by atoms with van der Waals surface area (Å²) in [5.74, 6) is -1.44. The lowest BCUT2D eigenvalue weighted by Gasteiger charge is -2.11. The molecule has 2 N–H and O–H groups in total. The Balaban J connectivity index is 2.55. The maximum atomic E-state index is 12.9. The third-order valence-corrected chi connectivity index (χ3v) is 2.07. The monoisotopic (exact) mass is 228 g/mol. The number of benzene rings is 1. The van der Waals surface area contributed by atoms with Crippen molar-refractivity contribution in [1.82, 2.24) is 0 Å². The van der Waals surface area contributed by atoms with Crippen molar-refractivity contribution in [3.63, 3.8) is 0 Å². The van der Waals surface area contributed by atoms with Crippen LogP contribution in [0.1, 0.15) is 17.2 Å². The molecule has 1 unspecified atom stereocenters. The number of halogens is 1. The van der Waals surface area contributed by atoms with Crippen molar-refractivity contribution >= 4 is 5.97 Å². The highest BCUT2D eigenvalue weighted by atomic mass is 19.1. The van der Waals surface area contributed by atoms with Gasteiger partial charge in [0.2, 0.25) is 0 Å². The van der Waals surface area contributed by atoms with Crippen LogP contribution in [0.5, 0.6) is 0 Å². The van der Waals surface area contributed by atoms with E-state index in [1.165, 1.54) is 18.2 Å². The second-order valence-corrected chi connectivity index (χ2v) is 3.43. The van der Waals surface area contributed by atoms with Crippen LogP contribution in [-0.2, 0) is 9.53 Å². The molecule has 1 atom stereocenters. The zero-order chi connectivity index (χ0) is 12.1. The van der Waals surface area contributed by atoms with Crippen LogP contribution in [0.15, 0.2) is 18.2 Å². The molecule has 16 heavy (non-hydrogen) atoms. The average Bonchev–Trinajstić information content (AvgIpc) is 2.21. The number of carboxylic acid groups (broad SMARTS) is 1. The first-order valence-electron chi connectivity index (χ1n) is 4.74. The largest absolute Gasteiger partial charge is 0.480 e. The summed E-state index contributed by atoms with van der Waals surface area (Å²) in [7, 11) is 0. The molecule has 0 saturated heterocycles. The zero-order valence-electron chi connectivity index (χ0n) is 8.81. The second-order valence-electron chi connectivity index (χ2n) is 3.43. The van der Waals surface area contributed by atoms with Crippen LogP contribution in [0, 0.1) is 12.7 Å². The number of carboxylic acids is 1. The van der Waals surface area contributed by atoms with Crippen LogP contribution >= 0.6 is 0 Å². The van der Waals surface area contributed by atoms with E-state index < -0.39 is 18.7 Å². The van der Waals surface area contributed by atoms with Gasteiger partial charge in [-0.3, -0.25) is 0 Å². The summed E-state index contributed by atoms with van der Waals surface area (Å²) in [5.41, 5.74) is 0.930. The highest BCUT2D eigenvalue weighted by Gasteiger charge is 2.10. The zero-order valence-corrected chi connectivity index (χ0v) is 8.81.